The number of pyridine rings is 1. The summed E-state index contributed by atoms with van der Waals surface area (Å²) in [5.74, 6) is 0.680. The predicted molar refractivity (Wildman–Crippen MR) is 111 cm³/mol. The lowest BCUT2D eigenvalue weighted by molar-refractivity contribution is 0.0578. The number of aromatic nitrogens is 1. The Labute approximate surface area is 165 Å². The Morgan fingerprint density at radius 1 is 1.26 bits per heavy atom. The number of hydrogen-bond acceptors (Lipinski definition) is 4. The third-order valence-electron chi connectivity index (χ3n) is 4.91. The summed E-state index contributed by atoms with van der Waals surface area (Å²) in [5.41, 5.74) is 0.746. The van der Waals surface area contributed by atoms with Crippen LogP contribution in [0.2, 0.25) is 0 Å². The summed E-state index contributed by atoms with van der Waals surface area (Å²) in [4.78, 5) is 21.5. The summed E-state index contributed by atoms with van der Waals surface area (Å²) in [5, 5.41) is 0. The van der Waals surface area contributed by atoms with Gasteiger partial charge in [0.05, 0.1) is 0 Å². The zero-order valence-electron chi connectivity index (χ0n) is 17.8. The van der Waals surface area contributed by atoms with Gasteiger partial charge >= 0.3 is 6.09 Å². The molecule has 1 aromatic rings. The van der Waals surface area contributed by atoms with Gasteiger partial charge in [-0.1, -0.05) is 32.8 Å². The van der Waals surface area contributed by atoms with Gasteiger partial charge < -0.3 is 4.74 Å². The van der Waals surface area contributed by atoms with E-state index in [1.54, 1.807) is 4.90 Å². The van der Waals surface area contributed by atoms with Gasteiger partial charge in [-0.3, -0.25) is 9.80 Å². The van der Waals surface area contributed by atoms with Crippen molar-refractivity contribution in [2.24, 2.45) is 0 Å². The van der Waals surface area contributed by atoms with E-state index in [9.17, 15) is 4.79 Å². The number of anilines is 1. The molecule has 2 heterocycles. The molecular formula is C22H37N3O2. The van der Waals surface area contributed by atoms with Crippen molar-refractivity contribution < 1.29 is 9.53 Å². The van der Waals surface area contributed by atoms with Crippen LogP contribution < -0.4 is 4.90 Å². The Bertz CT molecular complexity index is 578. The number of ether oxygens (including phenoxy) is 1. The van der Waals surface area contributed by atoms with E-state index < -0.39 is 5.60 Å². The van der Waals surface area contributed by atoms with Gasteiger partial charge in [-0.2, -0.15) is 0 Å². The minimum atomic E-state index is -0.510. The summed E-state index contributed by atoms with van der Waals surface area (Å²) in [7, 11) is 0. The third-order valence-corrected chi connectivity index (χ3v) is 4.91. The highest BCUT2D eigenvalue weighted by atomic mass is 16.6. The summed E-state index contributed by atoms with van der Waals surface area (Å²) in [6.07, 6.45) is 8.50. The summed E-state index contributed by atoms with van der Waals surface area (Å²) in [6.45, 7) is 13.0. The zero-order valence-corrected chi connectivity index (χ0v) is 17.8. The standard InChI is InChI=1S/C22H37N3O2/c1-6-8-16-25(21(26)27-22(3,4)5)20-13-12-18(17-23-20)19-11-9-10-15-24(19)14-7-2/h12-13,17,19H,6-11,14-16H2,1-5H3/t19-/m0/s1. The second kappa shape index (κ2) is 10.1. The van der Waals surface area contributed by atoms with Gasteiger partial charge in [0.1, 0.15) is 11.4 Å². The maximum absolute atomic E-state index is 12.6. The molecule has 1 fully saturated rings. The van der Waals surface area contributed by atoms with Crippen LogP contribution in [0.1, 0.15) is 84.7 Å². The Hall–Kier alpha value is -1.62. The van der Waals surface area contributed by atoms with E-state index in [-0.39, 0.29) is 6.09 Å². The molecule has 0 aromatic carbocycles. The molecule has 0 N–H and O–H groups in total. The number of rotatable bonds is 7. The van der Waals surface area contributed by atoms with Crippen molar-refractivity contribution in [2.45, 2.75) is 84.8 Å². The third kappa shape index (κ3) is 6.49. The summed E-state index contributed by atoms with van der Waals surface area (Å²) in [6, 6.07) is 4.57. The van der Waals surface area contributed by atoms with Crippen LogP contribution in [0.4, 0.5) is 10.6 Å². The molecule has 0 radical (unpaired) electrons. The fraction of sp³-hybridized carbons (Fsp3) is 0.727. The quantitative estimate of drug-likeness (QED) is 0.626. The van der Waals surface area contributed by atoms with Crippen molar-refractivity contribution in [3.05, 3.63) is 23.9 Å². The molecule has 1 aliphatic rings. The second-order valence-corrected chi connectivity index (χ2v) is 8.48. The van der Waals surface area contributed by atoms with Crippen molar-refractivity contribution in [2.75, 3.05) is 24.5 Å². The normalized spacial score (nSPS) is 18.3. The minimum Gasteiger partial charge on any atom is -0.443 e. The van der Waals surface area contributed by atoms with Gasteiger partial charge in [-0.15, -0.1) is 0 Å². The molecular weight excluding hydrogens is 338 g/mol. The highest BCUT2D eigenvalue weighted by Gasteiger charge is 2.26. The number of amides is 1. The molecule has 1 saturated heterocycles. The molecule has 1 amide bonds. The molecule has 0 spiro atoms. The molecule has 5 heteroatoms. The van der Waals surface area contributed by atoms with Crippen LogP contribution in [0.3, 0.4) is 0 Å². The topological polar surface area (TPSA) is 45.7 Å². The lowest BCUT2D eigenvalue weighted by Crippen LogP contribution is -2.38. The van der Waals surface area contributed by atoms with Crippen molar-refractivity contribution in [3.8, 4) is 0 Å². The van der Waals surface area contributed by atoms with E-state index in [0.29, 0.717) is 18.4 Å². The Kier molecular flexibility index (Phi) is 8.08. The van der Waals surface area contributed by atoms with E-state index >= 15 is 0 Å². The van der Waals surface area contributed by atoms with Gasteiger partial charge in [-0.05, 0) is 71.2 Å². The van der Waals surface area contributed by atoms with Gasteiger partial charge in [0, 0.05) is 18.8 Å². The maximum atomic E-state index is 12.6. The number of unbranched alkanes of at least 4 members (excludes halogenated alkanes) is 1. The monoisotopic (exact) mass is 375 g/mol. The van der Waals surface area contributed by atoms with Gasteiger partial charge in [0.15, 0.2) is 0 Å². The average molecular weight is 376 g/mol. The van der Waals surface area contributed by atoms with Gasteiger partial charge in [0.2, 0.25) is 0 Å². The Morgan fingerprint density at radius 2 is 2.04 bits per heavy atom. The molecule has 0 unspecified atom stereocenters. The summed E-state index contributed by atoms with van der Waals surface area (Å²) < 4.78 is 5.59. The first-order valence-corrected chi connectivity index (χ1v) is 10.6. The minimum absolute atomic E-state index is 0.318. The van der Waals surface area contributed by atoms with Crippen molar-refractivity contribution in [1.82, 2.24) is 9.88 Å². The van der Waals surface area contributed by atoms with Crippen LogP contribution in [-0.4, -0.2) is 41.2 Å². The number of piperidine rings is 1. The highest BCUT2D eigenvalue weighted by Crippen LogP contribution is 2.31. The van der Waals surface area contributed by atoms with Crippen LogP contribution in [-0.2, 0) is 4.74 Å². The highest BCUT2D eigenvalue weighted by molar-refractivity contribution is 5.86. The number of hydrogen-bond donors (Lipinski definition) is 0. The number of carbonyl (C=O) groups excluding carboxylic acids is 1. The van der Waals surface area contributed by atoms with Crippen LogP contribution in [0.25, 0.3) is 0 Å². The SMILES string of the molecule is CCCCN(C(=O)OC(C)(C)C)c1ccc([C@@H]2CCCCN2CCC)cn1. The smallest absolute Gasteiger partial charge is 0.416 e. The second-order valence-electron chi connectivity index (χ2n) is 8.48. The molecule has 2 rings (SSSR count). The molecule has 5 nitrogen and oxygen atoms in total. The van der Waals surface area contributed by atoms with Crippen molar-refractivity contribution in [1.29, 1.82) is 0 Å². The molecule has 1 aromatic heterocycles. The van der Waals surface area contributed by atoms with E-state index in [4.69, 9.17) is 4.74 Å². The van der Waals surface area contributed by atoms with Gasteiger partial charge in [0.25, 0.3) is 0 Å². The fourth-order valence-corrected chi connectivity index (χ4v) is 3.61. The van der Waals surface area contributed by atoms with Crippen molar-refractivity contribution >= 4 is 11.9 Å². The number of nitrogens with zero attached hydrogens (tertiary/aromatic N) is 3. The van der Waals surface area contributed by atoms with Crippen LogP contribution >= 0.6 is 0 Å². The molecule has 27 heavy (non-hydrogen) atoms. The van der Waals surface area contributed by atoms with Crippen LogP contribution in [0.15, 0.2) is 18.3 Å². The largest absolute Gasteiger partial charge is 0.443 e. The Balaban J connectivity index is 2.16. The number of carbonyl (C=O) groups is 1. The molecule has 152 valence electrons. The lowest BCUT2D eigenvalue weighted by Gasteiger charge is -2.35. The Morgan fingerprint density at radius 3 is 2.63 bits per heavy atom. The molecule has 1 aliphatic heterocycles. The molecule has 1 atom stereocenters. The van der Waals surface area contributed by atoms with Crippen molar-refractivity contribution in [3.63, 3.8) is 0 Å². The van der Waals surface area contributed by atoms with E-state index in [2.05, 4.69) is 29.8 Å². The first-order chi connectivity index (χ1) is 12.9. The maximum Gasteiger partial charge on any atom is 0.416 e. The molecule has 0 saturated carbocycles. The number of likely N-dealkylation sites (tertiary alicyclic amines) is 1. The van der Waals surface area contributed by atoms with Gasteiger partial charge in [-0.25, -0.2) is 9.78 Å². The molecule has 0 bridgehead atoms. The first kappa shape index (κ1) is 21.7. The van der Waals surface area contributed by atoms with Crippen LogP contribution in [0.5, 0.6) is 0 Å². The van der Waals surface area contributed by atoms with E-state index in [1.165, 1.54) is 37.8 Å². The average Bonchev–Trinajstić information content (AvgIpc) is 2.62. The van der Waals surface area contributed by atoms with E-state index in [0.717, 1.165) is 19.4 Å². The summed E-state index contributed by atoms with van der Waals surface area (Å²) >= 11 is 0. The van der Waals surface area contributed by atoms with Crippen LogP contribution in [0, 0.1) is 0 Å². The lowest BCUT2D eigenvalue weighted by atomic mass is 9.96. The molecule has 0 aliphatic carbocycles. The predicted octanol–water partition coefficient (Wildman–Crippen LogP) is 5.56. The fourth-order valence-electron chi connectivity index (χ4n) is 3.61. The zero-order chi connectivity index (χ0) is 19.9. The van der Waals surface area contributed by atoms with E-state index in [1.807, 2.05) is 33.0 Å². The first-order valence-electron chi connectivity index (χ1n) is 10.6.